The largest absolute Gasteiger partial charge is 0.485 e. The second kappa shape index (κ2) is 5.52. The van der Waals surface area contributed by atoms with Crippen molar-refractivity contribution in [2.75, 3.05) is 0 Å². The van der Waals surface area contributed by atoms with Crippen LogP contribution in [0.4, 0.5) is 0 Å². The number of hydrogen-bond acceptors (Lipinski definition) is 6. The molecule has 8 nitrogen and oxygen atoms in total. The van der Waals surface area contributed by atoms with Crippen molar-refractivity contribution in [3.8, 4) is 17.1 Å². The third-order valence-corrected chi connectivity index (χ3v) is 4.47. The number of benzene rings is 1. The maximum absolute atomic E-state index is 12.4. The Morgan fingerprint density at radius 3 is 2.84 bits per heavy atom. The van der Waals surface area contributed by atoms with E-state index in [1.807, 2.05) is 12.1 Å². The highest BCUT2D eigenvalue weighted by molar-refractivity contribution is 5.59. The molecule has 0 radical (unpaired) electrons. The number of ether oxygens (including phenoxy) is 1. The van der Waals surface area contributed by atoms with Crippen molar-refractivity contribution in [3.05, 3.63) is 58.5 Å². The molecule has 0 saturated heterocycles. The van der Waals surface area contributed by atoms with Crippen molar-refractivity contribution in [1.82, 2.24) is 25.2 Å². The number of hydrogen-bond donors (Lipinski definition) is 2. The first kappa shape index (κ1) is 15.5. The molecule has 4 rings (SSSR count). The lowest BCUT2D eigenvalue weighted by Gasteiger charge is -2.42. The van der Waals surface area contributed by atoms with Crippen LogP contribution in [0.2, 0.25) is 0 Å². The molecule has 2 atom stereocenters. The summed E-state index contributed by atoms with van der Waals surface area (Å²) in [6, 6.07) is 9.77. The summed E-state index contributed by atoms with van der Waals surface area (Å²) in [5, 5.41) is 24.9. The van der Waals surface area contributed by atoms with Gasteiger partial charge in [0.05, 0.1) is 6.04 Å². The van der Waals surface area contributed by atoms with Crippen LogP contribution < -0.4 is 10.3 Å². The molecule has 2 aromatic heterocycles. The number of rotatable bonds is 2. The lowest BCUT2D eigenvalue weighted by molar-refractivity contribution is -0.0642. The Balaban J connectivity index is 1.93. The maximum atomic E-state index is 12.4. The van der Waals surface area contributed by atoms with E-state index in [9.17, 15) is 9.90 Å². The van der Waals surface area contributed by atoms with E-state index in [0.29, 0.717) is 17.1 Å². The SMILES string of the molecule is CC1(C)Oc2ccc(-c3nn[nH]n3)cc2C(n2ccccc2=O)C1O. The van der Waals surface area contributed by atoms with E-state index in [1.165, 1.54) is 10.6 Å². The Labute approximate surface area is 143 Å². The number of aromatic nitrogens is 5. The zero-order valence-corrected chi connectivity index (χ0v) is 13.7. The van der Waals surface area contributed by atoms with Gasteiger partial charge in [0.2, 0.25) is 5.82 Å². The molecule has 2 N–H and O–H groups in total. The molecule has 8 heteroatoms. The van der Waals surface area contributed by atoms with Crippen molar-refractivity contribution in [1.29, 1.82) is 0 Å². The molecule has 2 unspecified atom stereocenters. The molecule has 1 aliphatic rings. The van der Waals surface area contributed by atoms with Gasteiger partial charge in [0, 0.05) is 23.4 Å². The number of aliphatic hydroxyl groups excluding tert-OH is 1. The van der Waals surface area contributed by atoms with Crippen LogP contribution in [0.1, 0.15) is 25.5 Å². The van der Waals surface area contributed by atoms with Crippen molar-refractivity contribution in [3.63, 3.8) is 0 Å². The van der Waals surface area contributed by atoms with Crippen molar-refractivity contribution < 1.29 is 9.84 Å². The van der Waals surface area contributed by atoms with Gasteiger partial charge >= 0.3 is 0 Å². The Kier molecular flexibility index (Phi) is 3.43. The van der Waals surface area contributed by atoms with Crippen LogP contribution in [0.3, 0.4) is 0 Å². The monoisotopic (exact) mass is 339 g/mol. The first-order chi connectivity index (χ1) is 12.0. The molecule has 0 aliphatic carbocycles. The van der Waals surface area contributed by atoms with Gasteiger partial charge in [-0.3, -0.25) is 4.79 Å². The van der Waals surface area contributed by atoms with E-state index in [0.717, 1.165) is 5.56 Å². The van der Waals surface area contributed by atoms with Crippen LogP contribution in [-0.2, 0) is 0 Å². The molecule has 25 heavy (non-hydrogen) atoms. The van der Waals surface area contributed by atoms with Crippen LogP contribution in [-0.4, -0.2) is 42.0 Å². The molecular formula is C17H17N5O3. The molecule has 0 fully saturated rings. The van der Waals surface area contributed by atoms with E-state index in [2.05, 4.69) is 20.6 Å². The Bertz CT molecular complexity index is 964. The fraction of sp³-hybridized carbons (Fsp3) is 0.294. The quantitative estimate of drug-likeness (QED) is 0.725. The normalized spacial score (nSPS) is 21.4. The topological polar surface area (TPSA) is 106 Å². The van der Waals surface area contributed by atoms with Crippen LogP contribution >= 0.6 is 0 Å². The lowest BCUT2D eigenvalue weighted by Crippen LogP contribution is -2.52. The van der Waals surface area contributed by atoms with Crippen molar-refractivity contribution in [2.24, 2.45) is 0 Å². The highest BCUT2D eigenvalue weighted by atomic mass is 16.5. The predicted molar refractivity (Wildman–Crippen MR) is 89.2 cm³/mol. The van der Waals surface area contributed by atoms with Gasteiger partial charge in [-0.15, -0.1) is 10.2 Å². The van der Waals surface area contributed by atoms with E-state index in [-0.39, 0.29) is 5.56 Å². The summed E-state index contributed by atoms with van der Waals surface area (Å²) in [4.78, 5) is 12.4. The van der Waals surface area contributed by atoms with E-state index in [4.69, 9.17) is 4.74 Å². The molecule has 0 spiro atoms. The number of nitrogens with one attached hydrogen (secondary N) is 1. The molecule has 0 bridgehead atoms. The number of tetrazole rings is 1. The highest BCUT2D eigenvalue weighted by Crippen LogP contribution is 2.42. The average Bonchev–Trinajstić information content (AvgIpc) is 3.11. The summed E-state index contributed by atoms with van der Waals surface area (Å²) < 4.78 is 7.49. The minimum Gasteiger partial charge on any atom is -0.485 e. The fourth-order valence-corrected chi connectivity index (χ4v) is 3.16. The predicted octanol–water partition coefficient (Wildman–Crippen LogP) is 1.15. The first-order valence-corrected chi connectivity index (χ1v) is 7.89. The zero-order valence-electron chi connectivity index (χ0n) is 13.7. The van der Waals surface area contributed by atoms with Crippen LogP contribution in [0, 0.1) is 0 Å². The number of aromatic amines is 1. The third-order valence-electron chi connectivity index (χ3n) is 4.47. The van der Waals surface area contributed by atoms with E-state index < -0.39 is 17.7 Å². The number of pyridine rings is 1. The number of H-pyrrole nitrogens is 1. The van der Waals surface area contributed by atoms with E-state index in [1.54, 1.807) is 38.2 Å². The van der Waals surface area contributed by atoms with Gasteiger partial charge in [-0.2, -0.15) is 5.21 Å². The molecule has 128 valence electrons. The molecule has 3 aromatic rings. The number of aliphatic hydroxyl groups is 1. The summed E-state index contributed by atoms with van der Waals surface area (Å²) in [6.07, 6.45) is 0.753. The van der Waals surface area contributed by atoms with Crippen LogP contribution in [0.5, 0.6) is 5.75 Å². The lowest BCUT2D eigenvalue weighted by atomic mass is 9.85. The standard InChI is InChI=1S/C17H17N5O3/c1-17(2)15(24)14(22-8-4-3-5-13(22)23)11-9-10(6-7-12(11)25-17)16-18-20-21-19-16/h3-9,14-15,24H,1-2H3,(H,18,19,20,21). The van der Waals surface area contributed by atoms with Crippen molar-refractivity contribution in [2.45, 2.75) is 31.6 Å². The molecule has 3 heterocycles. The second-order valence-electron chi connectivity index (χ2n) is 6.53. The Morgan fingerprint density at radius 2 is 2.12 bits per heavy atom. The number of nitrogens with zero attached hydrogens (tertiary/aromatic N) is 4. The fourth-order valence-electron chi connectivity index (χ4n) is 3.16. The number of fused-ring (bicyclic) bond motifs is 1. The average molecular weight is 339 g/mol. The summed E-state index contributed by atoms with van der Waals surface area (Å²) in [6.45, 7) is 3.60. The van der Waals surface area contributed by atoms with E-state index >= 15 is 0 Å². The minimum absolute atomic E-state index is 0.194. The summed E-state index contributed by atoms with van der Waals surface area (Å²) in [5.74, 6) is 1.05. The van der Waals surface area contributed by atoms with Gasteiger partial charge in [0.1, 0.15) is 17.5 Å². The summed E-state index contributed by atoms with van der Waals surface area (Å²) in [7, 11) is 0. The smallest absolute Gasteiger partial charge is 0.251 e. The third kappa shape index (κ3) is 2.51. The van der Waals surface area contributed by atoms with Crippen molar-refractivity contribution >= 4 is 0 Å². The van der Waals surface area contributed by atoms with Gasteiger partial charge in [0.15, 0.2) is 0 Å². The molecule has 0 amide bonds. The van der Waals surface area contributed by atoms with Gasteiger partial charge in [0.25, 0.3) is 5.56 Å². The van der Waals surface area contributed by atoms with Crippen LogP contribution in [0.15, 0.2) is 47.4 Å². The second-order valence-corrected chi connectivity index (χ2v) is 6.53. The summed E-state index contributed by atoms with van der Waals surface area (Å²) in [5.41, 5.74) is 0.375. The maximum Gasteiger partial charge on any atom is 0.251 e. The molecular weight excluding hydrogens is 322 g/mol. The van der Waals surface area contributed by atoms with Gasteiger partial charge < -0.3 is 14.4 Å². The van der Waals surface area contributed by atoms with Gasteiger partial charge in [-0.05, 0) is 43.3 Å². The highest BCUT2D eigenvalue weighted by Gasteiger charge is 2.44. The molecule has 1 aromatic carbocycles. The minimum atomic E-state index is -0.916. The summed E-state index contributed by atoms with van der Waals surface area (Å²) >= 11 is 0. The zero-order chi connectivity index (χ0) is 17.6. The van der Waals surface area contributed by atoms with Gasteiger partial charge in [-0.25, -0.2) is 0 Å². The van der Waals surface area contributed by atoms with Gasteiger partial charge in [-0.1, -0.05) is 6.07 Å². The first-order valence-electron chi connectivity index (χ1n) is 7.89. The van der Waals surface area contributed by atoms with Crippen LogP contribution in [0.25, 0.3) is 11.4 Å². The Morgan fingerprint density at radius 1 is 1.28 bits per heavy atom. The Hall–Kier alpha value is -3.00. The molecule has 1 aliphatic heterocycles. The molecule has 0 saturated carbocycles.